The lowest BCUT2D eigenvalue weighted by molar-refractivity contribution is -0.152. The van der Waals surface area contributed by atoms with Crippen LogP contribution in [0, 0.1) is 0 Å². The Labute approximate surface area is 123 Å². The molecule has 2 aliphatic rings. The van der Waals surface area contributed by atoms with E-state index in [4.69, 9.17) is 11.6 Å². The first-order chi connectivity index (χ1) is 9.58. The summed E-state index contributed by atoms with van der Waals surface area (Å²) in [5.41, 5.74) is -1.10. The predicted octanol–water partition coefficient (Wildman–Crippen LogP) is 2.01. The summed E-state index contributed by atoms with van der Waals surface area (Å²) in [5.74, 6) is -0.0769. The molecule has 1 amide bonds. The maximum Gasteiger partial charge on any atom is 0.254 e. The van der Waals surface area contributed by atoms with E-state index in [2.05, 4.69) is 5.10 Å². The number of amides is 1. The summed E-state index contributed by atoms with van der Waals surface area (Å²) in [6.45, 7) is 1.37. The van der Waals surface area contributed by atoms with Crippen molar-refractivity contribution in [3.63, 3.8) is 0 Å². The van der Waals surface area contributed by atoms with Crippen LogP contribution >= 0.6 is 11.6 Å². The Morgan fingerprint density at radius 2 is 2.00 bits per heavy atom. The highest BCUT2D eigenvalue weighted by atomic mass is 35.5. The highest BCUT2D eigenvalue weighted by Crippen LogP contribution is 2.33. The van der Waals surface area contributed by atoms with Gasteiger partial charge in [-0.1, -0.05) is 11.6 Å². The van der Waals surface area contributed by atoms with Crippen LogP contribution in [0.2, 0.25) is 5.02 Å². The van der Waals surface area contributed by atoms with Crippen molar-refractivity contribution < 1.29 is 9.90 Å². The first-order valence-corrected chi connectivity index (χ1v) is 7.68. The molecule has 1 aliphatic carbocycles. The van der Waals surface area contributed by atoms with Gasteiger partial charge >= 0.3 is 0 Å². The van der Waals surface area contributed by atoms with Gasteiger partial charge in [0.25, 0.3) is 5.91 Å². The number of hydrogen-bond donors (Lipinski definition) is 1. The van der Waals surface area contributed by atoms with E-state index >= 15 is 0 Å². The van der Waals surface area contributed by atoms with E-state index in [1.54, 1.807) is 6.20 Å². The van der Waals surface area contributed by atoms with Crippen molar-refractivity contribution in [1.29, 1.82) is 0 Å². The van der Waals surface area contributed by atoms with Gasteiger partial charge in [0, 0.05) is 19.3 Å². The summed E-state index contributed by atoms with van der Waals surface area (Å²) in [7, 11) is 0. The minimum absolute atomic E-state index is 0.0769. The van der Waals surface area contributed by atoms with E-state index in [1.165, 1.54) is 0 Å². The Morgan fingerprint density at radius 3 is 2.55 bits per heavy atom. The first-order valence-electron chi connectivity index (χ1n) is 7.30. The maximum absolute atomic E-state index is 12.4. The standard InChI is InChI=1S/C14H20ClN3O2/c15-11-9-16-18(10-11)12-3-7-17(8-4-12)13(19)14(20)5-1-2-6-14/h9-10,12,20H,1-8H2. The van der Waals surface area contributed by atoms with Crippen LogP contribution in [0.4, 0.5) is 0 Å². The summed E-state index contributed by atoms with van der Waals surface area (Å²) in [4.78, 5) is 14.2. The normalized spacial score (nSPS) is 23.2. The van der Waals surface area contributed by atoms with E-state index in [0.717, 1.165) is 25.7 Å². The number of carbonyl (C=O) groups is 1. The summed E-state index contributed by atoms with van der Waals surface area (Å²) in [6.07, 6.45) is 8.31. The number of aliphatic hydroxyl groups is 1. The molecule has 1 saturated heterocycles. The number of carbonyl (C=O) groups excluding carboxylic acids is 1. The van der Waals surface area contributed by atoms with Gasteiger partial charge in [0.15, 0.2) is 0 Å². The van der Waals surface area contributed by atoms with Gasteiger partial charge in [-0.3, -0.25) is 9.48 Å². The molecular formula is C14H20ClN3O2. The van der Waals surface area contributed by atoms with Crippen LogP contribution in [0.25, 0.3) is 0 Å². The average molecular weight is 298 g/mol. The zero-order valence-electron chi connectivity index (χ0n) is 11.5. The Kier molecular flexibility index (Phi) is 3.73. The van der Waals surface area contributed by atoms with E-state index < -0.39 is 5.60 Å². The number of hydrogen-bond acceptors (Lipinski definition) is 3. The fraction of sp³-hybridized carbons (Fsp3) is 0.714. The number of rotatable bonds is 2. The molecule has 6 heteroatoms. The Morgan fingerprint density at radius 1 is 1.35 bits per heavy atom. The largest absolute Gasteiger partial charge is 0.380 e. The van der Waals surface area contributed by atoms with Crippen molar-refractivity contribution in [2.24, 2.45) is 0 Å². The molecule has 0 radical (unpaired) electrons. The zero-order valence-corrected chi connectivity index (χ0v) is 12.2. The molecule has 1 aliphatic heterocycles. The summed E-state index contributed by atoms with van der Waals surface area (Å²) >= 11 is 5.88. The van der Waals surface area contributed by atoms with Crippen molar-refractivity contribution >= 4 is 17.5 Å². The monoisotopic (exact) mass is 297 g/mol. The quantitative estimate of drug-likeness (QED) is 0.908. The van der Waals surface area contributed by atoms with Crippen LogP contribution in [0.5, 0.6) is 0 Å². The molecule has 2 fully saturated rings. The van der Waals surface area contributed by atoms with E-state index in [9.17, 15) is 9.90 Å². The molecule has 5 nitrogen and oxygen atoms in total. The third-order valence-corrected chi connectivity index (χ3v) is 4.72. The second kappa shape index (κ2) is 5.37. The van der Waals surface area contributed by atoms with Gasteiger partial charge in [-0.2, -0.15) is 5.10 Å². The lowest BCUT2D eigenvalue weighted by atomic mass is 9.97. The van der Waals surface area contributed by atoms with Gasteiger partial charge in [0.1, 0.15) is 5.60 Å². The maximum atomic E-state index is 12.4. The summed E-state index contributed by atoms with van der Waals surface area (Å²) in [5, 5.41) is 15.2. The van der Waals surface area contributed by atoms with Gasteiger partial charge in [-0.25, -0.2) is 0 Å². The van der Waals surface area contributed by atoms with Crippen LogP contribution in [0.1, 0.15) is 44.6 Å². The van der Waals surface area contributed by atoms with Crippen LogP contribution in [-0.4, -0.2) is 44.4 Å². The third-order valence-electron chi connectivity index (χ3n) is 4.52. The summed E-state index contributed by atoms with van der Waals surface area (Å²) < 4.78 is 1.88. The molecule has 1 N–H and O–H groups in total. The number of halogens is 1. The van der Waals surface area contributed by atoms with Gasteiger partial charge in [0.2, 0.25) is 0 Å². The third kappa shape index (κ3) is 2.56. The summed E-state index contributed by atoms with van der Waals surface area (Å²) in [6, 6.07) is 0.296. The fourth-order valence-electron chi connectivity index (χ4n) is 3.32. The molecule has 0 bridgehead atoms. The lowest BCUT2D eigenvalue weighted by Crippen LogP contribution is -2.50. The van der Waals surface area contributed by atoms with Gasteiger partial charge in [-0.05, 0) is 38.5 Å². The molecule has 1 saturated carbocycles. The van der Waals surface area contributed by atoms with Crippen molar-refractivity contribution in [2.75, 3.05) is 13.1 Å². The number of aromatic nitrogens is 2. The Bertz CT molecular complexity index is 488. The molecular weight excluding hydrogens is 278 g/mol. The first kappa shape index (κ1) is 13.9. The lowest BCUT2D eigenvalue weighted by Gasteiger charge is -2.36. The number of nitrogens with zero attached hydrogens (tertiary/aromatic N) is 3. The van der Waals surface area contributed by atoms with Crippen LogP contribution in [0.3, 0.4) is 0 Å². The van der Waals surface area contributed by atoms with Crippen molar-refractivity contribution in [2.45, 2.75) is 50.2 Å². The minimum atomic E-state index is -1.10. The van der Waals surface area contributed by atoms with Crippen molar-refractivity contribution in [3.8, 4) is 0 Å². The smallest absolute Gasteiger partial charge is 0.254 e. The van der Waals surface area contributed by atoms with E-state index in [-0.39, 0.29) is 5.91 Å². The minimum Gasteiger partial charge on any atom is -0.380 e. The highest BCUT2D eigenvalue weighted by Gasteiger charge is 2.42. The van der Waals surface area contributed by atoms with E-state index in [1.807, 2.05) is 15.8 Å². The van der Waals surface area contributed by atoms with E-state index in [0.29, 0.717) is 37.0 Å². The second-order valence-electron chi connectivity index (χ2n) is 5.90. The van der Waals surface area contributed by atoms with Gasteiger partial charge < -0.3 is 10.0 Å². The Hall–Kier alpha value is -1.07. The molecule has 20 heavy (non-hydrogen) atoms. The molecule has 3 rings (SSSR count). The second-order valence-corrected chi connectivity index (χ2v) is 6.34. The molecule has 0 unspecified atom stereocenters. The van der Waals surface area contributed by atoms with Crippen molar-refractivity contribution in [3.05, 3.63) is 17.4 Å². The molecule has 1 aromatic heterocycles. The van der Waals surface area contributed by atoms with Crippen LogP contribution < -0.4 is 0 Å². The van der Waals surface area contributed by atoms with Crippen LogP contribution in [-0.2, 0) is 4.79 Å². The highest BCUT2D eigenvalue weighted by molar-refractivity contribution is 6.30. The molecule has 0 atom stereocenters. The van der Waals surface area contributed by atoms with Gasteiger partial charge in [0.05, 0.1) is 17.3 Å². The Balaban J connectivity index is 1.59. The number of piperidine rings is 1. The molecule has 0 spiro atoms. The van der Waals surface area contributed by atoms with Gasteiger partial charge in [-0.15, -0.1) is 0 Å². The zero-order chi connectivity index (χ0) is 14.2. The predicted molar refractivity (Wildman–Crippen MR) is 75.5 cm³/mol. The average Bonchev–Trinajstić information content (AvgIpc) is 3.08. The number of likely N-dealkylation sites (tertiary alicyclic amines) is 1. The van der Waals surface area contributed by atoms with Crippen LogP contribution in [0.15, 0.2) is 12.4 Å². The van der Waals surface area contributed by atoms with Crippen molar-refractivity contribution in [1.82, 2.24) is 14.7 Å². The molecule has 0 aromatic carbocycles. The SMILES string of the molecule is O=C(N1CCC(n2cc(Cl)cn2)CC1)C1(O)CCCC1. The molecule has 2 heterocycles. The molecule has 110 valence electrons. The fourth-order valence-corrected chi connectivity index (χ4v) is 3.46. The topological polar surface area (TPSA) is 58.4 Å². The molecule has 1 aromatic rings.